The van der Waals surface area contributed by atoms with Crippen molar-refractivity contribution in [3.63, 3.8) is 0 Å². The van der Waals surface area contributed by atoms with Crippen LogP contribution in [0.25, 0.3) is 44.5 Å². The third-order valence-corrected chi connectivity index (χ3v) is 8.27. The minimum absolute atomic E-state index is 1.08. The lowest BCUT2D eigenvalue weighted by Gasteiger charge is -2.17. The van der Waals surface area contributed by atoms with E-state index in [0.29, 0.717) is 0 Å². The Labute approximate surface area is 255 Å². The average Bonchev–Trinajstić information content (AvgIpc) is 3.10. The topological polar surface area (TPSA) is 12.0 Å². The zero-order valence-corrected chi connectivity index (χ0v) is 24.3. The van der Waals surface area contributed by atoms with Crippen molar-refractivity contribution in [1.82, 2.24) is 0 Å². The maximum absolute atomic E-state index is 3.81. The summed E-state index contributed by atoms with van der Waals surface area (Å²) >= 11 is 0. The molecule has 0 aliphatic heterocycles. The number of hydrogen-bond donors (Lipinski definition) is 1. The molecule has 5 aromatic rings. The Morgan fingerprint density at radius 1 is 0.395 bits per heavy atom. The van der Waals surface area contributed by atoms with E-state index in [4.69, 9.17) is 0 Å². The molecule has 1 N–H and O–H groups in total. The number of rotatable bonds is 7. The summed E-state index contributed by atoms with van der Waals surface area (Å²) in [4.78, 5) is 0. The molecule has 1 heteroatoms. The Kier molecular flexibility index (Phi) is 7.70. The molecule has 0 spiro atoms. The molecule has 0 bridgehead atoms. The van der Waals surface area contributed by atoms with Crippen LogP contribution in [-0.4, -0.2) is 0 Å². The van der Waals surface area contributed by atoms with Crippen molar-refractivity contribution in [3.05, 3.63) is 169 Å². The van der Waals surface area contributed by atoms with Crippen molar-refractivity contribution in [2.75, 3.05) is 5.32 Å². The van der Waals surface area contributed by atoms with Crippen LogP contribution in [0.1, 0.15) is 36.8 Å². The summed E-state index contributed by atoms with van der Waals surface area (Å²) in [6.07, 6.45) is 18.2. The lowest BCUT2D eigenvalue weighted by atomic mass is 9.94. The Balaban J connectivity index is 1.24. The maximum atomic E-state index is 3.81. The van der Waals surface area contributed by atoms with Crippen LogP contribution < -0.4 is 5.32 Å². The van der Waals surface area contributed by atoms with Crippen molar-refractivity contribution in [2.24, 2.45) is 0 Å². The molecule has 0 fully saturated rings. The second-order valence-electron chi connectivity index (χ2n) is 11.3. The molecule has 0 saturated carbocycles. The highest BCUT2D eigenvalue weighted by Crippen LogP contribution is 2.36. The predicted molar refractivity (Wildman–Crippen MR) is 185 cm³/mol. The standard InChI is InChI=1S/C42H35N/c1-4-14-31(15-5-1)34-20-12-21-35(26-34)36-22-13-23-37(27-36)41-24-10-11-25-42(41)43-40-29-38(32-16-6-2-7-17-32)28-39(30-40)33-18-8-3-9-19-33/h2,4,6-8,10-30,43H,1,3,5,9H2. The van der Waals surface area contributed by atoms with Gasteiger partial charge < -0.3 is 5.32 Å². The number of para-hydroxylation sites is 1. The van der Waals surface area contributed by atoms with E-state index < -0.39 is 0 Å². The van der Waals surface area contributed by atoms with Gasteiger partial charge in [-0.3, -0.25) is 0 Å². The van der Waals surface area contributed by atoms with E-state index in [2.05, 4.69) is 163 Å². The Morgan fingerprint density at radius 3 is 1.67 bits per heavy atom. The van der Waals surface area contributed by atoms with Gasteiger partial charge in [-0.15, -0.1) is 0 Å². The van der Waals surface area contributed by atoms with Gasteiger partial charge in [-0.05, 0) is 112 Å². The largest absolute Gasteiger partial charge is 0.355 e. The molecule has 7 rings (SSSR count). The Bertz CT molecular complexity index is 1880. The summed E-state index contributed by atoms with van der Waals surface area (Å²) in [5.41, 5.74) is 14.6. The van der Waals surface area contributed by atoms with Crippen molar-refractivity contribution in [2.45, 2.75) is 25.7 Å². The first kappa shape index (κ1) is 26.7. The third-order valence-electron chi connectivity index (χ3n) is 8.27. The normalized spacial score (nSPS) is 14.2. The quantitative estimate of drug-likeness (QED) is 0.211. The second kappa shape index (κ2) is 12.4. The van der Waals surface area contributed by atoms with E-state index >= 15 is 0 Å². The van der Waals surface area contributed by atoms with Crippen molar-refractivity contribution >= 4 is 22.5 Å². The van der Waals surface area contributed by atoms with E-state index in [9.17, 15) is 0 Å². The summed E-state index contributed by atoms with van der Waals surface area (Å²) in [5, 5.41) is 3.81. The van der Waals surface area contributed by atoms with Gasteiger partial charge in [-0.1, -0.05) is 121 Å². The monoisotopic (exact) mass is 553 g/mol. The molecule has 43 heavy (non-hydrogen) atoms. The highest BCUT2D eigenvalue weighted by molar-refractivity contribution is 5.87. The molecular formula is C42H35N. The van der Waals surface area contributed by atoms with Gasteiger partial charge >= 0.3 is 0 Å². The van der Waals surface area contributed by atoms with E-state index in [-0.39, 0.29) is 0 Å². The molecule has 0 heterocycles. The molecule has 2 aliphatic rings. The van der Waals surface area contributed by atoms with Crippen LogP contribution >= 0.6 is 0 Å². The zero-order chi connectivity index (χ0) is 28.8. The smallest absolute Gasteiger partial charge is 0.0463 e. The molecule has 1 nitrogen and oxygen atoms in total. The van der Waals surface area contributed by atoms with E-state index in [1.54, 1.807) is 0 Å². The summed E-state index contributed by atoms with van der Waals surface area (Å²) in [5.74, 6) is 0. The van der Waals surface area contributed by atoms with E-state index in [1.165, 1.54) is 55.7 Å². The van der Waals surface area contributed by atoms with Crippen molar-refractivity contribution < 1.29 is 0 Å². The minimum Gasteiger partial charge on any atom is -0.355 e. The molecule has 0 radical (unpaired) electrons. The SMILES string of the molecule is C1=CC(c2cccc(-c3cccc(-c4ccccc4Nc4cc(C5=CCCC=C5)cc(-c5ccccc5)c4)c3)c2)=CCC1. The number of benzene rings is 5. The number of anilines is 2. The molecule has 0 aromatic heterocycles. The first-order valence-electron chi connectivity index (χ1n) is 15.3. The molecule has 2 aliphatic carbocycles. The maximum Gasteiger partial charge on any atom is 0.0463 e. The van der Waals surface area contributed by atoms with Gasteiger partial charge in [0, 0.05) is 16.9 Å². The molecule has 0 saturated heterocycles. The first-order chi connectivity index (χ1) is 21.3. The van der Waals surface area contributed by atoms with Crippen LogP contribution in [0.15, 0.2) is 158 Å². The van der Waals surface area contributed by atoms with Crippen LogP contribution in [0.2, 0.25) is 0 Å². The minimum atomic E-state index is 1.08. The van der Waals surface area contributed by atoms with Gasteiger partial charge in [0.1, 0.15) is 0 Å². The fourth-order valence-electron chi connectivity index (χ4n) is 6.06. The number of nitrogens with one attached hydrogen (secondary N) is 1. The van der Waals surface area contributed by atoms with Gasteiger partial charge in [-0.2, -0.15) is 0 Å². The lowest BCUT2D eigenvalue weighted by Crippen LogP contribution is -1.96. The Hall–Kier alpha value is -5.14. The average molecular weight is 554 g/mol. The molecule has 0 atom stereocenters. The van der Waals surface area contributed by atoms with Gasteiger partial charge in [0.05, 0.1) is 0 Å². The molecule has 0 amide bonds. The summed E-state index contributed by atoms with van der Waals surface area (Å²) in [7, 11) is 0. The molecule has 0 unspecified atom stereocenters. The number of hydrogen-bond acceptors (Lipinski definition) is 1. The highest BCUT2D eigenvalue weighted by atomic mass is 14.9. The van der Waals surface area contributed by atoms with Crippen LogP contribution in [0.3, 0.4) is 0 Å². The van der Waals surface area contributed by atoms with Crippen molar-refractivity contribution in [3.8, 4) is 33.4 Å². The fraction of sp³-hybridized carbons (Fsp3) is 0.0952. The summed E-state index contributed by atoms with van der Waals surface area (Å²) < 4.78 is 0. The zero-order valence-electron chi connectivity index (χ0n) is 24.3. The summed E-state index contributed by atoms with van der Waals surface area (Å²) in [6, 6.07) is 44.0. The summed E-state index contributed by atoms with van der Waals surface area (Å²) in [6.45, 7) is 0. The van der Waals surface area contributed by atoms with Gasteiger partial charge in [-0.25, -0.2) is 0 Å². The second-order valence-corrected chi connectivity index (χ2v) is 11.3. The van der Waals surface area contributed by atoms with Gasteiger partial charge in [0.15, 0.2) is 0 Å². The van der Waals surface area contributed by atoms with E-state index in [1.807, 2.05) is 0 Å². The predicted octanol–water partition coefficient (Wildman–Crippen LogP) is 11.9. The first-order valence-corrected chi connectivity index (χ1v) is 15.3. The third kappa shape index (κ3) is 6.08. The highest BCUT2D eigenvalue weighted by Gasteiger charge is 2.12. The Morgan fingerprint density at radius 2 is 0.953 bits per heavy atom. The van der Waals surface area contributed by atoms with Crippen LogP contribution in [0, 0.1) is 0 Å². The van der Waals surface area contributed by atoms with Crippen molar-refractivity contribution in [1.29, 1.82) is 0 Å². The van der Waals surface area contributed by atoms with Crippen LogP contribution in [0.5, 0.6) is 0 Å². The van der Waals surface area contributed by atoms with E-state index in [0.717, 1.165) is 37.1 Å². The van der Waals surface area contributed by atoms with Gasteiger partial charge in [0.25, 0.3) is 0 Å². The lowest BCUT2D eigenvalue weighted by molar-refractivity contribution is 1.04. The fourth-order valence-corrected chi connectivity index (χ4v) is 6.06. The number of allylic oxidation sites excluding steroid dienone is 8. The molecule has 5 aromatic carbocycles. The molecule has 208 valence electrons. The van der Waals surface area contributed by atoms with Crippen LogP contribution in [0.4, 0.5) is 11.4 Å². The van der Waals surface area contributed by atoms with Gasteiger partial charge in [0.2, 0.25) is 0 Å². The molecular weight excluding hydrogens is 518 g/mol. The van der Waals surface area contributed by atoms with Crippen LogP contribution in [-0.2, 0) is 0 Å².